The van der Waals surface area contributed by atoms with E-state index in [-0.39, 0.29) is 10.2 Å². The second-order valence-electron chi connectivity index (χ2n) is 5.47. The van der Waals surface area contributed by atoms with Crippen LogP contribution in [0, 0.1) is 0 Å². The Hall–Kier alpha value is -1.75. The number of anilines is 2. The number of nitrogens with zero attached hydrogens (tertiary/aromatic N) is 4. The van der Waals surface area contributed by atoms with Gasteiger partial charge in [0.1, 0.15) is 0 Å². The molecular formula is C14H10ClN5O2S3. The Balaban J connectivity index is 1.54. The van der Waals surface area contributed by atoms with Gasteiger partial charge in [0, 0.05) is 23.0 Å². The number of amidine groups is 1. The first-order chi connectivity index (χ1) is 12.0. The lowest BCUT2D eigenvalue weighted by molar-refractivity contribution is 0.597. The highest BCUT2D eigenvalue weighted by atomic mass is 35.5. The first-order valence-corrected chi connectivity index (χ1v) is 10.9. The van der Waals surface area contributed by atoms with Crippen LogP contribution in [0.5, 0.6) is 0 Å². The molecule has 3 aromatic rings. The smallest absolute Gasteiger partial charge is 0.281 e. The zero-order valence-corrected chi connectivity index (χ0v) is 15.7. The molecule has 1 aromatic carbocycles. The number of hydrogen-bond acceptors (Lipinski definition) is 7. The van der Waals surface area contributed by atoms with Crippen LogP contribution in [0.3, 0.4) is 0 Å². The third-order valence-corrected chi connectivity index (χ3v) is 7.57. The maximum Gasteiger partial charge on any atom is 0.281 e. The highest BCUT2D eigenvalue weighted by Gasteiger charge is 2.31. The molecule has 11 heteroatoms. The Kier molecular flexibility index (Phi) is 3.33. The van der Waals surface area contributed by atoms with Gasteiger partial charge >= 0.3 is 0 Å². The van der Waals surface area contributed by atoms with Crippen LogP contribution in [0.25, 0.3) is 4.96 Å². The Morgan fingerprint density at radius 3 is 3.08 bits per heavy atom. The van der Waals surface area contributed by atoms with Gasteiger partial charge < -0.3 is 4.90 Å². The molecule has 25 heavy (non-hydrogen) atoms. The van der Waals surface area contributed by atoms with E-state index in [0.29, 0.717) is 10.6 Å². The summed E-state index contributed by atoms with van der Waals surface area (Å²) in [5.41, 5.74) is 1.45. The largest absolute Gasteiger partial charge is 0.318 e. The summed E-state index contributed by atoms with van der Waals surface area (Å²) in [7, 11) is -3.87. The van der Waals surface area contributed by atoms with E-state index in [4.69, 9.17) is 11.6 Å². The molecule has 128 valence electrons. The third-order valence-electron chi connectivity index (χ3n) is 3.94. The van der Waals surface area contributed by atoms with Crippen molar-refractivity contribution in [3.63, 3.8) is 0 Å². The number of nitrogens with one attached hydrogen (secondary N) is 1. The molecule has 4 heterocycles. The van der Waals surface area contributed by atoms with Crippen molar-refractivity contribution < 1.29 is 8.42 Å². The fourth-order valence-corrected chi connectivity index (χ4v) is 6.46. The molecule has 0 saturated heterocycles. The van der Waals surface area contributed by atoms with Gasteiger partial charge in [-0.3, -0.25) is 14.1 Å². The van der Waals surface area contributed by atoms with Gasteiger partial charge in [0.15, 0.2) is 20.3 Å². The second-order valence-corrected chi connectivity index (χ2v) is 9.31. The number of thioether (sulfide) groups is 1. The minimum absolute atomic E-state index is 0.0370. The minimum atomic E-state index is -3.87. The SMILES string of the molecule is O=S(=O)(Nc1ccc2c(c1)N1CCN=C1S2)c1c(Cl)nc2sccn12. The summed E-state index contributed by atoms with van der Waals surface area (Å²) in [4.78, 5) is 12.2. The summed E-state index contributed by atoms with van der Waals surface area (Å²) >= 11 is 8.98. The molecule has 0 spiro atoms. The summed E-state index contributed by atoms with van der Waals surface area (Å²) in [6.07, 6.45) is 1.64. The molecule has 0 atom stereocenters. The van der Waals surface area contributed by atoms with Crippen molar-refractivity contribution in [3.05, 3.63) is 34.9 Å². The third kappa shape index (κ3) is 2.35. The Labute approximate surface area is 156 Å². The number of hydrogen-bond donors (Lipinski definition) is 1. The molecule has 0 fully saturated rings. The van der Waals surface area contributed by atoms with Crippen molar-refractivity contribution in [1.29, 1.82) is 0 Å². The van der Waals surface area contributed by atoms with Crippen LogP contribution in [-0.2, 0) is 10.0 Å². The molecule has 0 aliphatic carbocycles. The average molecular weight is 412 g/mol. The van der Waals surface area contributed by atoms with E-state index in [9.17, 15) is 8.42 Å². The van der Waals surface area contributed by atoms with Crippen LogP contribution in [0.15, 0.2) is 44.7 Å². The number of halogens is 1. The number of aromatic nitrogens is 2. The molecule has 1 N–H and O–H groups in total. The Bertz CT molecular complexity index is 1150. The Morgan fingerprint density at radius 1 is 1.32 bits per heavy atom. The topological polar surface area (TPSA) is 79.1 Å². The number of fused-ring (bicyclic) bond motifs is 4. The summed E-state index contributed by atoms with van der Waals surface area (Å²) in [6, 6.07) is 5.47. The molecule has 2 aliphatic heterocycles. The molecule has 2 aliphatic rings. The predicted octanol–water partition coefficient (Wildman–Crippen LogP) is 3.13. The molecule has 5 rings (SSSR count). The number of imidazole rings is 1. The van der Waals surface area contributed by atoms with Crippen LogP contribution in [-0.4, -0.2) is 36.1 Å². The quantitative estimate of drug-likeness (QED) is 0.716. The monoisotopic (exact) mass is 411 g/mol. The van der Waals surface area contributed by atoms with Crippen LogP contribution in [0.4, 0.5) is 11.4 Å². The van der Waals surface area contributed by atoms with E-state index < -0.39 is 10.0 Å². The van der Waals surface area contributed by atoms with Crippen molar-refractivity contribution in [2.24, 2.45) is 4.99 Å². The van der Waals surface area contributed by atoms with Crippen LogP contribution >= 0.6 is 34.7 Å². The summed E-state index contributed by atoms with van der Waals surface area (Å²) in [6.45, 7) is 1.58. The van der Waals surface area contributed by atoms with Gasteiger partial charge in [-0.1, -0.05) is 11.6 Å². The molecule has 0 bridgehead atoms. The van der Waals surface area contributed by atoms with E-state index in [1.54, 1.807) is 29.4 Å². The number of aliphatic imine (C=N–C) groups is 1. The fourth-order valence-electron chi connectivity index (χ4n) is 2.90. The van der Waals surface area contributed by atoms with E-state index in [2.05, 4.69) is 19.6 Å². The number of rotatable bonds is 3. The molecular weight excluding hydrogens is 402 g/mol. The van der Waals surface area contributed by atoms with Gasteiger partial charge in [0.2, 0.25) is 0 Å². The zero-order valence-electron chi connectivity index (χ0n) is 12.5. The normalized spacial score (nSPS) is 16.2. The molecule has 2 aromatic heterocycles. The van der Waals surface area contributed by atoms with Crippen molar-refractivity contribution in [2.45, 2.75) is 9.92 Å². The van der Waals surface area contributed by atoms with Crippen molar-refractivity contribution in [1.82, 2.24) is 9.38 Å². The van der Waals surface area contributed by atoms with Crippen LogP contribution in [0.1, 0.15) is 0 Å². The van der Waals surface area contributed by atoms with E-state index in [0.717, 1.165) is 28.8 Å². The maximum absolute atomic E-state index is 12.8. The van der Waals surface area contributed by atoms with Crippen LogP contribution in [0.2, 0.25) is 5.15 Å². The van der Waals surface area contributed by atoms with Gasteiger partial charge in [-0.15, -0.1) is 11.3 Å². The van der Waals surface area contributed by atoms with E-state index >= 15 is 0 Å². The second kappa shape index (κ2) is 5.37. The van der Waals surface area contributed by atoms with Crippen molar-refractivity contribution in [2.75, 3.05) is 22.7 Å². The Morgan fingerprint density at radius 2 is 2.20 bits per heavy atom. The zero-order chi connectivity index (χ0) is 17.2. The van der Waals surface area contributed by atoms with Gasteiger partial charge in [-0.05, 0) is 30.0 Å². The van der Waals surface area contributed by atoms with Gasteiger partial charge in [-0.2, -0.15) is 8.42 Å². The summed E-state index contributed by atoms with van der Waals surface area (Å²) in [5.74, 6) is 0. The standard InChI is InChI=1S/C14H10ClN5O2S3/c15-11-12(20-5-6-23-14(20)17-11)25(21,22)18-8-1-2-10-9(7-8)19-4-3-16-13(19)24-10/h1-2,5-7,18H,3-4H2. The highest BCUT2D eigenvalue weighted by molar-refractivity contribution is 8.14. The number of sulfonamides is 1. The van der Waals surface area contributed by atoms with Crippen molar-refractivity contribution in [3.8, 4) is 0 Å². The minimum Gasteiger partial charge on any atom is -0.318 e. The summed E-state index contributed by atoms with van der Waals surface area (Å²) < 4.78 is 29.7. The lowest BCUT2D eigenvalue weighted by Crippen LogP contribution is -2.21. The van der Waals surface area contributed by atoms with E-state index in [1.165, 1.54) is 15.7 Å². The molecule has 0 unspecified atom stereocenters. The lowest BCUT2D eigenvalue weighted by atomic mass is 10.2. The molecule has 7 nitrogen and oxygen atoms in total. The summed E-state index contributed by atoms with van der Waals surface area (Å²) in [5, 5.41) is 2.64. The van der Waals surface area contributed by atoms with Gasteiger partial charge in [-0.25, -0.2) is 4.98 Å². The average Bonchev–Trinajstić information content (AvgIpc) is 3.26. The highest BCUT2D eigenvalue weighted by Crippen LogP contribution is 2.43. The maximum atomic E-state index is 12.8. The van der Waals surface area contributed by atoms with Gasteiger partial charge in [0.05, 0.1) is 17.9 Å². The predicted molar refractivity (Wildman–Crippen MR) is 101 cm³/mol. The first-order valence-electron chi connectivity index (χ1n) is 7.31. The number of benzene rings is 1. The fraction of sp³-hybridized carbons (Fsp3) is 0.143. The molecule has 0 saturated carbocycles. The first kappa shape index (κ1) is 15.5. The lowest BCUT2D eigenvalue weighted by Gasteiger charge is -2.14. The van der Waals surface area contributed by atoms with Crippen LogP contribution < -0.4 is 9.62 Å². The molecule has 0 radical (unpaired) electrons. The van der Waals surface area contributed by atoms with Gasteiger partial charge in [0.25, 0.3) is 10.0 Å². The molecule has 0 amide bonds. The van der Waals surface area contributed by atoms with E-state index in [1.807, 2.05) is 12.1 Å². The number of thiazole rings is 1. The van der Waals surface area contributed by atoms with Crippen molar-refractivity contribution >= 4 is 66.2 Å².